The molecular weight excluding hydrogens is 460 g/mol. The first-order valence-electron chi connectivity index (χ1n) is 12.1. The predicted octanol–water partition coefficient (Wildman–Crippen LogP) is 6.10. The van der Waals surface area contributed by atoms with E-state index >= 15 is 0 Å². The third kappa shape index (κ3) is 4.83. The standard InChI is InChI=1S/C29H30O5S/c1-18-19(2)27(28(33-26(18)16-30)35-20-10-4-3-5-11-20)34-29(31)32-17-25-23-14-8-6-12-21(23)22-13-7-9-15-24(22)25/h3-15,18-19,25-28,30H,16-17H2,1-2H3/t18-,19-,26?,27?,28+/m0/s1. The lowest BCUT2D eigenvalue weighted by atomic mass is 9.84. The van der Waals surface area contributed by atoms with Crippen LogP contribution in [0.2, 0.25) is 0 Å². The average molecular weight is 491 g/mol. The Morgan fingerprint density at radius 3 is 2.11 bits per heavy atom. The fraction of sp³-hybridized carbons (Fsp3) is 0.345. The molecule has 0 spiro atoms. The van der Waals surface area contributed by atoms with E-state index in [0.717, 1.165) is 16.0 Å². The van der Waals surface area contributed by atoms with Crippen molar-refractivity contribution in [2.45, 2.75) is 42.3 Å². The van der Waals surface area contributed by atoms with Gasteiger partial charge in [-0.3, -0.25) is 0 Å². The van der Waals surface area contributed by atoms with E-state index in [1.54, 1.807) is 0 Å². The molecule has 1 aliphatic heterocycles. The molecule has 5 nitrogen and oxygen atoms in total. The summed E-state index contributed by atoms with van der Waals surface area (Å²) >= 11 is 1.50. The minimum atomic E-state index is -0.694. The first-order valence-corrected chi connectivity index (χ1v) is 12.9. The number of rotatable bonds is 6. The van der Waals surface area contributed by atoms with Gasteiger partial charge in [0.25, 0.3) is 0 Å². The van der Waals surface area contributed by atoms with Crippen LogP contribution in [0.4, 0.5) is 4.79 Å². The van der Waals surface area contributed by atoms with Gasteiger partial charge in [-0.15, -0.1) is 0 Å². The summed E-state index contributed by atoms with van der Waals surface area (Å²) in [5.74, 6) is -0.0104. The Hall–Kier alpha value is -2.80. The number of ether oxygens (including phenoxy) is 3. The molecular formula is C29H30O5S. The smallest absolute Gasteiger partial charge is 0.433 e. The fourth-order valence-corrected chi connectivity index (χ4v) is 6.31. The molecule has 0 aromatic heterocycles. The average Bonchev–Trinajstić information content (AvgIpc) is 3.21. The maximum atomic E-state index is 12.9. The van der Waals surface area contributed by atoms with Gasteiger partial charge < -0.3 is 19.3 Å². The summed E-state index contributed by atoms with van der Waals surface area (Å²) < 4.78 is 17.8. The van der Waals surface area contributed by atoms with Crippen molar-refractivity contribution < 1.29 is 24.1 Å². The molecule has 0 radical (unpaired) electrons. The van der Waals surface area contributed by atoms with Crippen LogP contribution in [0.15, 0.2) is 83.8 Å². The van der Waals surface area contributed by atoms with E-state index < -0.39 is 17.7 Å². The van der Waals surface area contributed by atoms with E-state index in [2.05, 4.69) is 24.3 Å². The molecule has 1 heterocycles. The fourth-order valence-electron chi connectivity index (χ4n) is 5.10. The van der Waals surface area contributed by atoms with Crippen molar-refractivity contribution >= 4 is 17.9 Å². The molecule has 5 rings (SSSR count). The SMILES string of the molecule is C[C@@H]1C(CO)O[C@H](Sc2ccccc2)C(OC(=O)OCC2c3ccccc3-c3ccccc32)[C@H]1C. The van der Waals surface area contributed by atoms with Gasteiger partial charge in [-0.1, -0.05) is 92.3 Å². The van der Waals surface area contributed by atoms with Crippen molar-refractivity contribution in [3.8, 4) is 11.1 Å². The molecule has 1 saturated heterocycles. The van der Waals surface area contributed by atoms with Crippen molar-refractivity contribution in [2.24, 2.45) is 11.8 Å². The van der Waals surface area contributed by atoms with Crippen LogP contribution in [0.25, 0.3) is 11.1 Å². The summed E-state index contributed by atoms with van der Waals surface area (Å²) in [5, 5.41) is 9.83. The monoisotopic (exact) mass is 490 g/mol. The Morgan fingerprint density at radius 1 is 0.886 bits per heavy atom. The van der Waals surface area contributed by atoms with Crippen molar-refractivity contribution in [3.05, 3.63) is 90.0 Å². The van der Waals surface area contributed by atoms with Crippen LogP contribution in [0.1, 0.15) is 30.9 Å². The van der Waals surface area contributed by atoms with E-state index in [-0.39, 0.29) is 37.1 Å². The largest absolute Gasteiger partial charge is 0.508 e. The van der Waals surface area contributed by atoms with Crippen molar-refractivity contribution in [1.82, 2.24) is 0 Å². The Labute approximate surface area is 210 Å². The number of aliphatic hydroxyl groups excluding tert-OH is 1. The van der Waals surface area contributed by atoms with Gasteiger partial charge in [-0.05, 0) is 40.3 Å². The molecule has 0 saturated carbocycles. The summed E-state index contributed by atoms with van der Waals surface area (Å²) in [6, 6.07) is 26.4. The molecule has 3 aromatic rings. The van der Waals surface area contributed by atoms with Crippen molar-refractivity contribution in [1.29, 1.82) is 0 Å². The highest BCUT2D eigenvalue weighted by molar-refractivity contribution is 7.99. The van der Waals surface area contributed by atoms with Gasteiger partial charge in [0.2, 0.25) is 0 Å². The van der Waals surface area contributed by atoms with Crippen LogP contribution in [0, 0.1) is 11.8 Å². The summed E-state index contributed by atoms with van der Waals surface area (Å²) in [6.45, 7) is 4.19. The number of thioether (sulfide) groups is 1. The molecule has 2 aliphatic rings. The first-order chi connectivity index (χ1) is 17.1. The van der Waals surface area contributed by atoms with Crippen LogP contribution in [0.5, 0.6) is 0 Å². The summed E-state index contributed by atoms with van der Waals surface area (Å²) in [4.78, 5) is 13.9. The van der Waals surface area contributed by atoms with Gasteiger partial charge in [0.1, 0.15) is 18.1 Å². The van der Waals surface area contributed by atoms with Crippen molar-refractivity contribution in [2.75, 3.05) is 13.2 Å². The number of hydrogen-bond acceptors (Lipinski definition) is 6. The lowest BCUT2D eigenvalue weighted by molar-refractivity contribution is -0.153. The highest BCUT2D eigenvalue weighted by Gasteiger charge is 2.44. The Bertz CT molecular complexity index is 1120. The maximum Gasteiger partial charge on any atom is 0.508 e. The molecule has 1 fully saturated rings. The molecule has 0 bridgehead atoms. The van der Waals surface area contributed by atoms with Gasteiger partial charge in [-0.25, -0.2) is 4.79 Å². The highest BCUT2D eigenvalue weighted by atomic mass is 32.2. The summed E-state index contributed by atoms with van der Waals surface area (Å²) in [5.41, 5.74) is 4.24. The lowest BCUT2D eigenvalue weighted by Crippen LogP contribution is -2.51. The minimum absolute atomic E-state index is 0.0115. The molecule has 2 unspecified atom stereocenters. The molecule has 3 aromatic carbocycles. The number of carbonyl (C=O) groups is 1. The van der Waals surface area contributed by atoms with E-state index in [9.17, 15) is 9.90 Å². The highest BCUT2D eigenvalue weighted by Crippen LogP contribution is 2.45. The third-order valence-corrected chi connectivity index (χ3v) is 8.41. The molecule has 35 heavy (non-hydrogen) atoms. The van der Waals surface area contributed by atoms with E-state index in [1.807, 2.05) is 68.4 Å². The molecule has 6 heteroatoms. The van der Waals surface area contributed by atoms with Crippen LogP contribution in [-0.2, 0) is 14.2 Å². The van der Waals surface area contributed by atoms with Crippen LogP contribution in [0.3, 0.4) is 0 Å². The first kappa shape index (κ1) is 23.9. The minimum Gasteiger partial charge on any atom is -0.433 e. The van der Waals surface area contributed by atoms with Gasteiger partial charge in [0, 0.05) is 16.7 Å². The van der Waals surface area contributed by atoms with E-state index in [4.69, 9.17) is 14.2 Å². The van der Waals surface area contributed by atoms with Gasteiger partial charge in [-0.2, -0.15) is 0 Å². The lowest BCUT2D eigenvalue weighted by Gasteiger charge is -2.43. The van der Waals surface area contributed by atoms with Gasteiger partial charge in [0.15, 0.2) is 0 Å². The Kier molecular flexibility index (Phi) is 7.14. The van der Waals surface area contributed by atoms with Crippen molar-refractivity contribution in [3.63, 3.8) is 0 Å². The maximum absolute atomic E-state index is 12.9. The van der Waals surface area contributed by atoms with Crippen LogP contribution < -0.4 is 0 Å². The third-order valence-electron chi connectivity index (χ3n) is 7.25. The Balaban J connectivity index is 1.30. The quantitative estimate of drug-likeness (QED) is 0.421. The molecule has 0 amide bonds. The second kappa shape index (κ2) is 10.4. The topological polar surface area (TPSA) is 65.0 Å². The zero-order chi connectivity index (χ0) is 24.4. The molecule has 182 valence electrons. The van der Waals surface area contributed by atoms with E-state index in [0.29, 0.717) is 0 Å². The second-order valence-electron chi connectivity index (χ2n) is 9.25. The van der Waals surface area contributed by atoms with Crippen LogP contribution in [-0.4, -0.2) is 42.1 Å². The zero-order valence-electron chi connectivity index (χ0n) is 19.9. The molecule has 5 atom stereocenters. The number of hydrogen-bond donors (Lipinski definition) is 1. The molecule has 1 N–H and O–H groups in total. The van der Waals surface area contributed by atoms with E-state index in [1.165, 1.54) is 22.9 Å². The van der Waals surface area contributed by atoms with Crippen LogP contribution >= 0.6 is 11.8 Å². The Morgan fingerprint density at radius 2 is 1.49 bits per heavy atom. The zero-order valence-corrected chi connectivity index (χ0v) is 20.7. The molecule has 1 aliphatic carbocycles. The normalized spacial score (nSPS) is 25.5. The summed E-state index contributed by atoms with van der Waals surface area (Å²) in [6.07, 6.45) is -1.51. The number of aliphatic hydroxyl groups is 1. The number of carbonyl (C=O) groups excluding carboxylic acids is 1. The number of benzene rings is 3. The summed E-state index contributed by atoms with van der Waals surface area (Å²) in [7, 11) is 0. The number of fused-ring (bicyclic) bond motifs is 3. The predicted molar refractivity (Wildman–Crippen MR) is 136 cm³/mol. The van der Waals surface area contributed by atoms with Gasteiger partial charge >= 0.3 is 6.16 Å². The second-order valence-corrected chi connectivity index (χ2v) is 10.4. The van der Waals surface area contributed by atoms with Gasteiger partial charge in [0.05, 0.1) is 12.7 Å².